The Labute approximate surface area is 191 Å². The van der Waals surface area contributed by atoms with Crippen LogP contribution in [0.3, 0.4) is 0 Å². The fourth-order valence-electron chi connectivity index (χ4n) is 4.93. The summed E-state index contributed by atoms with van der Waals surface area (Å²) in [6, 6.07) is 11.8. The van der Waals surface area contributed by atoms with Gasteiger partial charge in [0.05, 0.1) is 12.2 Å². The molecular formula is C25H29N3O5. The van der Waals surface area contributed by atoms with Crippen LogP contribution in [0, 0.1) is 0 Å². The lowest BCUT2D eigenvalue weighted by molar-refractivity contribution is -0.129. The number of carboxylic acid groups (broad SMARTS) is 1. The standard InChI is InChI=1S/C25H29N3O5/c29-12-11-28(10-9-18-15-26-22-4-2-1-3-19(18)22)23-7-5-16-13-17(6-8-24(30)27-33)21(25(31)32)14-20(16)23/h1-4,13-15,23,26,29,33H,5-12H2,(H,27,30)(H,31,32). The van der Waals surface area contributed by atoms with E-state index in [2.05, 4.69) is 16.0 Å². The number of rotatable bonds is 10. The summed E-state index contributed by atoms with van der Waals surface area (Å²) in [5.74, 6) is -1.58. The third-order valence-corrected chi connectivity index (χ3v) is 6.56. The van der Waals surface area contributed by atoms with E-state index in [-0.39, 0.29) is 31.1 Å². The Morgan fingerprint density at radius 2 is 1.94 bits per heavy atom. The van der Waals surface area contributed by atoms with Crippen molar-refractivity contribution in [1.29, 1.82) is 0 Å². The van der Waals surface area contributed by atoms with E-state index in [9.17, 15) is 19.8 Å². The van der Waals surface area contributed by atoms with E-state index in [4.69, 9.17) is 5.21 Å². The number of nitrogens with one attached hydrogen (secondary N) is 2. The molecule has 1 aliphatic carbocycles. The van der Waals surface area contributed by atoms with Gasteiger partial charge in [-0.25, -0.2) is 10.3 Å². The van der Waals surface area contributed by atoms with Gasteiger partial charge in [-0.15, -0.1) is 0 Å². The average Bonchev–Trinajstić information content (AvgIpc) is 3.43. The number of carbonyl (C=O) groups excluding carboxylic acids is 1. The number of aryl methyl sites for hydroxylation is 2. The van der Waals surface area contributed by atoms with Crippen LogP contribution in [0.1, 0.15) is 51.5 Å². The zero-order valence-electron chi connectivity index (χ0n) is 18.4. The topological polar surface area (TPSA) is 126 Å². The first-order chi connectivity index (χ1) is 16.0. The molecule has 0 bridgehead atoms. The lowest BCUT2D eigenvalue weighted by Gasteiger charge is -2.29. The van der Waals surface area contributed by atoms with Gasteiger partial charge in [-0.2, -0.15) is 0 Å². The minimum Gasteiger partial charge on any atom is -0.478 e. The maximum atomic E-state index is 11.9. The molecule has 1 amide bonds. The number of para-hydroxylation sites is 1. The first-order valence-electron chi connectivity index (χ1n) is 11.2. The summed E-state index contributed by atoms with van der Waals surface area (Å²) in [7, 11) is 0. The second kappa shape index (κ2) is 10.2. The van der Waals surface area contributed by atoms with Gasteiger partial charge in [0.25, 0.3) is 0 Å². The van der Waals surface area contributed by atoms with Crippen molar-refractivity contribution < 1.29 is 25.0 Å². The second-order valence-corrected chi connectivity index (χ2v) is 8.47. The Morgan fingerprint density at radius 3 is 2.70 bits per heavy atom. The highest BCUT2D eigenvalue weighted by Crippen LogP contribution is 2.38. The number of fused-ring (bicyclic) bond motifs is 2. The molecule has 33 heavy (non-hydrogen) atoms. The highest BCUT2D eigenvalue weighted by Gasteiger charge is 2.30. The highest BCUT2D eigenvalue weighted by molar-refractivity contribution is 5.90. The van der Waals surface area contributed by atoms with Crippen LogP contribution < -0.4 is 5.48 Å². The molecule has 1 aliphatic rings. The third kappa shape index (κ3) is 4.93. The van der Waals surface area contributed by atoms with Crippen molar-refractivity contribution in [2.45, 2.75) is 38.1 Å². The molecule has 0 aliphatic heterocycles. The van der Waals surface area contributed by atoms with Gasteiger partial charge in [0.2, 0.25) is 5.91 Å². The van der Waals surface area contributed by atoms with Gasteiger partial charge < -0.3 is 15.2 Å². The number of hydrogen-bond donors (Lipinski definition) is 5. The molecule has 8 heteroatoms. The smallest absolute Gasteiger partial charge is 0.335 e. The number of amides is 1. The summed E-state index contributed by atoms with van der Waals surface area (Å²) in [4.78, 5) is 28.9. The number of carbonyl (C=O) groups is 2. The number of H-pyrrole nitrogens is 1. The monoisotopic (exact) mass is 451 g/mol. The second-order valence-electron chi connectivity index (χ2n) is 8.47. The van der Waals surface area contributed by atoms with Gasteiger partial charge in [-0.1, -0.05) is 24.3 Å². The quantitative estimate of drug-likeness (QED) is 0.238. The van der Waals surface area contributed by atoms with Gasteiger partial charge in [-0.3, -0.25) is 14.9 Å². The molecule has 0 spiro atoms. The molecule has 1 atom stereocenters. The van der Waals surface area contributed by atoms with Crippen LogP contribution in [0.5, 0.6) is 0 Å². The van der Waals surface area contributed by atoms with Crippen molar-refractivity contribution in [3.63, 3.8) is 0 Å². The van der Waals surface area contributed by atoms with Crippen LogP contribution in [0.4, 0.5) is 0 Å². The molecule has 2 aromatic carbocycles. The van der Waals surface area contributed by atoms with Crippen molar-refractivity contribution in [3.05, 3.63) is 70.4 Å². The molecule has 0 radical (unpaired) electrons. The molecule has 174 valence electrons. The summed E-state index contributed by atoms with van der Waals surface area (Å²) in [6.45, 7) is 1.28. The van der Waals surface area contributed by atoms with Gasteiger partial charge in [0.15, 0.2) is 0 Å². The Kier molecular flexibility index (Phi) is 7.08. The molecule has 0 saturated carbocycles. The first-order valence-corrected chi connectivity index (χ1v) is 11.2. The molecule has 1 unspecified atom stereocenters. The number of aromatic carboxylic acids is 1. The number of aliphatic hydroxyl groups is 1. The van der Waals surface area contributed by atoms with E-state index in [0.29, 0.717) is 12.1 Å². The third-order valence-electron chi connectivity index (χ3n) is 6.56. The van der Waals surface area contributed by atoms with Gasteiger partial charge >= 0.3 is 5.97 Å². The molecule has 1 heterocycles. The first kappa shape index (κ1) is 23.0. The molecule has 8 nitrogen and oxygen atoms in total. The number of hydrogen-bond acceptors (Lipinski definition) is 5. The highest BCUT2D eigenvalue weighted by atomic mass is 16.5. The molecule has 0 fully saturated rings. The number of benzene rings is 2. The summed E-state index contributed by atoms with van der Waals surface area (Å²) in [6.07, 6.45) is 4.77. The minimum atomic E-state index is -1.03. The maximum Gasteiger partial charge on any atom is 0.335 e. The molecule has 0 saturated heterocycles. The van der Waals surface area contributed by atoms with Gasteiger partial charge in [-0.05, 0) is 60.1 Å². The van der Waals surface area contributed by atoms with Gasteiger partial charge in [0.1, 0.15) is 0 Å². The zero-order valence-corrected chi connectivity index (χ0v) is 18.4. The van der Waals surface area contributed by atoms with E-state index < -0.39 is 11.9 Å². The zero-order chi connectivity index (χ0) is 23.4. The van der Waals surface area contributed by atoms with E-state index in [1.807, 2.05) is 30.5 Å². The Morgan fingerprint density at radius 1 is 1.12 bits per heavy atom. The van der Waals surface area contributed by atoms with Crippen LogP contribution in [-0.2, 0) is 24.1 Å². The summed E-state index contributed by atoms with van der Waals surface area (Å²) < 4.78 is 0. The molecular weight excluding hydrogens is 422 g/mol. The molecule has 5 N–H and O–H groups in total. The number of aromatic nitrogens is 1. The number of nitrogens with zero attached hydrogens (tertiary/aromatic N) is 1. The Balaban J connectivity index is 1.56. The van der Waals surface area contributed by atoms with E-state index >= 15 is 0 Å². The summed E-state index contributed by atoms with van der Waals surface area (Å²) >= 11 is 0. The van der Waals surface area contributed by atoms with E-state index in [1.165, 1.54) is 10.9 Å². The number of carboxylic acids is 1. The average molecular weight is 452 g/mol. The lowest BCUT2D eigenvalue weighted by Crippen LogP contribution is -2.32. The Bertz CT molecular complexity index is 1160. The predicted molar refractivity (Wildman–Crippen MR) is 123 cm³/mol. The predicted octanol–water partition coefficient (Wildman–Crippen LogP) is 2.83. The SMILES string of the molecule is O=C(CCc1cc2c(cc1C(=O)O)C(N(CCO)CCc1c[nH]c3ccccc13)CC2)NO. The van der Waals surface area contributed by atoms with Crippen molar-refractivity contribution >= 4 is 22.8 Å². The number of aliphatic hydroxyl groups excluding tert-OH is 1. The molecule has 1 aromatic heterocycles. The number of hydroxylamine groups is 1. The molecule has 3 aromatic rings. The minimum absolute atomic E-state index is 0.0141. The number of aromatic amines is 1. The lowest BCUT2D eigenvalue weighted by atomic mass is 9.95. The van der Waals surface area contributed by atoms with Crippen LogP contribution in [0.2, 0.25) is 0 Å². The molecule has 4 rings (SSSR count). The summed E-state index contributed by atoms with van der Waals surface area (Å²) in [5, 5.41) is 29.4. The van der Waals surface area contributed by atoms with Crippen LogP contribution >= 0.6 is 0 Å². The largest absolute Gasteiger partial charge is 0.478 e. The van der Waals surface area contributed by atoms with Gasteiger partial charge in [0, 0.05) is 42.7 Å². The Hall–Kier alpha value is -3.20. The van der Waals surface area contributed by atoms with Crippen LogP contribution in [0.25, 0.3) is 10.9 Å². The van der Waals surface area contributed by atoms with Crippen molar-refractivity contribution in [2.24, 2.45) is 0 Å². The fourth-order valence-corrected chi connectivity index (χ4v) is 4.93. The van der Waals surface area contributed by atoms with Crippen molar-refractivity contribution in [3.8, 4) is 0 Å². The summed E-state index contributed by atoms with van der Waals surface area (Å²) in [5.41, 5.74) is 6.75. The van der Waals surface area contributed by atoms with E-state index in [1.54, 1.807) is 11.5 Å². The van der Waals surface area contributed by atoms with Crippen LogP contribution in [-0.4, -0.2) is 56.9 Å². The van der Waals surface area contributed by atoms with Crippen molar-refractivity contribution in [2.75, 3.05) is 19.7 Å². The van der Waals surface area contributed by atoms with E-state index in [0.717, 1.165) is 42.5 Å². The van der Waals surface area contributed by atoms with Crippen molar-refractivity contribution in [1.82, 2.24) is 15.4 Å². The van der Waals surface area contributed by atoms with Crippen LogP contribution in [0.15, 0.2) is 42.6 Å². The normalized spacial score (nSPS) is 15.2. The fraction of sp³-hybridized carbons (Fsp3) is 0.360. The maximum absolute atomic E-state index is 11.9.